The Morgan fingerprint density at radius 3 is 2.45 bits per heavy atom. The predicted octanol–water partition coefficient (Wildman–Crippen LogP) is 3.40. The number of amides is 1. The molecule has 0 saturated heterocycles. The molecule has 22 heavy (non-hydrogen) atoms. The number of non-ortho nitro benzene ring substituents is 1. The minimum atomic E-state index is -0.475. The largest absolute Gasteiger partial charge is 0.271 e. The molecule has 0 atom stereocenters. The first-order chi connectivity index (χ1) is 10.5. The number of nitrogens with zero attached hydrogens (tertiary/aromatic N) is 2. The molecule has 7 heteroatoms. The van der Waals surface area contributed by atoms with E-state index in [2.05, 4.69) is 10.5 Å². The van der Waals surface area contributed by atoms with Crippen LogP contribution in [-0.2, 0) is 0 Å². The van der Waals surface area contributed by atoms with Crippen LogP contribution in [-0.4, -0.2) is 16.5 Å². The van der Waals surface area contributed by atoms with Gasteiger partial charge in [0, 0.05) is 22.7 Å². The molecule has 2 rings (SSSR count). The highest BCUT2D eigenvalue weighted by Gasteiger charge is 2.07. The first kappa shape index (κ1) is 15.7. The van der Waals surface area contributed by atoms with Gasteiger partial charge in [0.05, 0.1) is 10.6 Å². The normalized spacial score (nSPS) is 11.1. The monoisotopic (exact) mass is 317 g/mol. The SMILES string of the molecule is C/C(=N\NC(=O)c1cccc(Cl)c1)c1ccc([N+](=O)[O-])cc1. The fraction of sp³-hybridized carbons (Fsp3) is 0.0667. The third kappa shape index (κ3) is 3.89. The van der Waals surface area contributed by atoms with Crippen LogP contribution in [0, 0.1) is 10.1 Å². The molecular formula is C15H12ClN3O3. The maximum Gasteiger partial charge on any atom is 0.271 e. The lowest BCUT2D eigenvalue weighted by molar-refractivity contribution is -0.384. The zero-order chi connectivity index (χ0) is 16.1. The van der Waals surface area contributed by atoms with Gasteiger partial charge in [0.2, 0.25) is 0 Å². The molecule has 1 amide bonds. The quantitative estimate of drug-likeness (QED) is 0.533. The van der Waals surface area contributed by atoms with E-state index in [4.69, 9.17) is 11.6 Å². The number of hydrogen-bond acceptors (Lipinski definition) is 4. The van der Waals surface area contributed by atoms with Gasteiger partial charge in [-0.05, 0) is 42.8 Å². The minimum absolute atomic E-state index is 0.000451. The van der Waals surface area contributed by atoms with Crippen LogP contribution in [0.5, 0.6) is 0 Å². The van der Waals surface area contributed by atoms with Crippen LogP contribution in [0.25, 0.3) is 0 Å². The molecule has 112 valence electrons. The Balaban J connectivity index is 2.09. The van der Waals surface area contributed by atoms with Gasteiger partial charge in [-0.3, -0.25) is 14.9 Å². The molecule has 0 unspecified atom stereocenters. The molecule has 0 heterocycles. The van der Waals surface area contributed by atoms with Gasteiger partial charge in [0.25, 0.3) is 11.6 Å². The maximum absolute atomic E-state index is 11.9. The fourth-order valence-corrected chi connectivity index (χ4v) is 1.91. The van der Waals surface area contributed by atoms with E-state index in [1.54, 1.807) is 37.3 Å². The second-order valence-electron chi connectivity index (χ2n) is 4.45. The average molecular weight is 318 g/mol. The Labute approximate surface area is 131 Å². The van der Waals surface area contributed by atoms with Crippen molar-refractivity contribution in [2.24, 2.45) is 5.10 Å². The first-order valence-corrected chi connectivity index (χ1v) is 6.70. The van der Waals surface area contributed by atoms with E-state index in [0.717, 1.165) is 0 Å². The molecule has 0 radical (unpaired) electrons. The van der Waals surface area contributed by atoms with Gasteiger partial charge in [-0.2, -0.15) is 5.10 Å². The van der Waals surface area contributed by atoms with Crippen LogP contribution in [0.3, 0.4) is 0 Å². The number of carbonyl (C=O) groups is 1. The van der Waals surface area contributed by atoms with Gasteiger partial charge in [-0.1, -0.05) is 17.7 Å². The van der Waals surface area contributed by atoms with Crippen LogP contribution in [0.15, 0.2) is 53.6 Å². The number of nitro groups is 1. The van der Waals surface area contributed by atoms with Crippen molar-refractivity contribution in [1.82, 2.24) is 5.43 Å². The Kier molecular flexibility index (Phi) is 4.85. The number of halogens is 1. The van der Waals surface area contributed by atoms with Crippen LogP contribution >= 0.6 is 11.6 Å². The Morgan fingerprint density at radius 1 is 1.18 bits per heavy atom. The van der Waals surface area contributed by atoms with Gasteiger partial charge in [-0.25, -0.2) is 5.43 Å². The van der Waals surface area contributed by atoms with Crippen molar-refractivity contribution in [2.75, 3.05) is 0 Å². The summed E-state index contributed by atoms with van der Waals surface area (Å²) in [5.74, 6) is -0.385. The number of benzene rings is 2. The van der Waals surface area contributed by atoms with E-state index in [1.807, 2.05) is 0 Å². The first-order valence-electron chi connectivity index (χ1n) is 6.32. The molecule has 0 aromatic heterocycles. The van der Waals surface area contributed by atoms with Crippen LogP contribution < -0.4 is 5.43 Å². The molecule has 6 nitrogen and oxygen atoms in total. The second kappa shape index (κ2) is 6.82. The molecule has 0 aliphatic heterocycles. The lowest BCUT2D eigenvalue weighted by Crippen LogP contribution is -2.19. The molecule has 0 spiro atoms. The molecular weight excluding hydrogens is 306 g/mol. The highest BCUT2D eigenvalue weighted by molar-refractivity contribution is 6.30. The lowest BCUT2D eigenvalue weighted by atomic mass is 10.1. The fourth-order valence-electron chi connectivity index (χ4n) is 1.72. The molecule has 0 saturated carbocycles. The van der Waals surface area contributed by atoms with Gasteiger partial charge >= 0.3 is 0 Å². The maximum atomic E-state index is 11.9. The molecule has 0 fully saturated rings. The topological polar surface area (TPSA) is 84.6 Å². The molecule has 2 aromatic carbocycles. The highest BCUT2D eigenvalue weighted by Crippen LogP contribution is 2.13. The summed E-state index contributed by atoms with van der Waals surface area (Å²) in [5.41, 5.74) is 4.02. The number of carbonyl (C=O) groups excluding carboxylic acids is 1. The summed E-state index contributed by atoms with van der Waals surface area (Å²) in [6.45, 7) is 1.69. The van der Waals surface area contributed by atoms with Crippen LogP contribution in [0.4, 0.5) is 5.69 Å². The number of hydrogen-bond donors (Lipinski definition) is 1. The Hall–Kier alpha value is -2.73. The molecule has 0 aliphatic rings. The average Bonchev–Trinajstić information content (AvgIpc) is 2.52. The zero-order valence-corrected chi connectivity index (χ0v) is 12.4. The van der Waals surface area contributed by atoms with Crippen molar-refractivity contribution < 1.29 is 9.72 Å². The van der Waals surface area contributed by atoms with Crippen LogP contribution in [0.2, 0.25) is 5.02 Å². The van der Waals surface area contributed by atoms with Gasteiger partial charge in [-0.15, -0.1) is 0 Å². The van der Waals surface area contributed by atoms with E-state index in [1.165, 1.54) is 18.2 Å². The third-order valence-electron chi connectivity index (χ3n) is 2.91. The van der Waals surface area contributed by atoms with Crippen molar-refractivity contribution in [3.63, 3.8) is 0 Å². The van der Waals surface area contributed by atoms with E-state index in [9.17, 15) is 14.9 Å². The molecule has 2 aromatic rings. The van der Waals surface area contributed by atoms with E-state index >= 15 is 0 Å². The highest BCUT2D eigenvalue weighted by atomic mass is 35.5. The number of nitrogens with one attached hydrogen (secondary N) is 1. The number of nitro benzene ring substituents is 1. The van der Waals surface area contributed by atoms with E-state index < -0.39 is 4.92 Å². The van der Waals surface area contributed by atoms with E-state index in [-0.39, 0.29) is 11.6 Å². The van der Waals surface area contributed by atoms with Crippen LogP contribution in [0.1, 0.15) is 22.8 Å². The lowest BCUT2D eigenvalue weighted by Gasteiger charge is -2.03. The summed E-state index contributed by atoms with van der Waals surface area (Å²) in [5, 5.41) is 15.0. The van der Waals surface area contributed by atoms with Gasteiger partial charge < -0.3 is 0 Å². The smallest absolute Gasteiger partial charge is 0.267 e. The van der Waals surface area contributed by atoms with Gasteiger partial charge in [0.15, 0.2) is 0 Å². The van der Waals surface area contributed by atoms with Crippen molar-refractivity contribution >= 4 is 28.9 Å². The van der Waals surface area contributed by atoms with Crippen molar-refractivity contribution in [3.8, 4) is 0 Å². The Bertz CT molecular complexity index is 742. The third-order valence-corrected chi connectivity index (χ3v) is 3.14. The summed E-state index contributed by atoms with van der Waals surface area (Å²) in [6.07, 6.45) is 0. The summed E-state index contributed by atoms with van der Waals surface area (Å²) < 4.78 is 0. The van der Waals surface area contributed by atoms with Crippen molar-refractivity contribution in [2.45, 2.75) is 6.92 Å². The summed E-state index contributed by atoms with van der Waals surface area (Å²) in [4.78, 5) is 22.0. The molecule has 0 aliphatic carbocycles. The predicted molar refractivity (Wildman–Crippen MR) is 84.2 cm³/mol. The second-order valence-corrected chi connectivity index (χ2v) is 4.89. The summed E-state index contributed by atoms with van der Waals surface area (Å²) in [7, 11) is 0. The Morgan fingerprint density at radius 2 is 1.86 bits per heavy atom. The van der Waals surface area contributed by atoms with E-state index in [0.29, 0.717) is 21.9 Å². The standard InChI is InChI=1S/C15H12ClN3O3/c1-10(11-5-7-14(8-6-11)19(21)22)17-18-15(20)12-3-2-4-13(16)9-12/h2-9H,1H3,(H,18,20)/b17-10+. The molecule has 0 bridgehead atoms. The number of hydrazone groups is 1. The summed E-state index contributed by atoms with van der Waals surface area (Å²) >= 11 is 5.82. The van der Waals surface area contributed by atoms with Crippen molar-refractivity contribution in [1.29, 1.82) is 0 Å². The number of rotatable bonds is 4. The van der Waals surface area contributed by atoms with Gasteiger partial charge in [0.1, 0.15) is 0 Å². The minimum Gasteiger partial charge on any atom is -0.267 e. The zero-order valence-electron chi connectivity index (χ0n) is 11.6. The van der Waals surface area contributed by atoms with Crippen molar-refractivity contribution in [3.05, 3.63) is 74.8 Å². The molecule has 1 N–H and O–H groups in total. The summed E-state index contributed by atoms with van der Waals surface area (Å²) in [6, 6.07) is 12.4.